The number of amides is 1. The van der Waals surface area contributed by atoms with E-state index in [-0.39, 0.29) is 0 Å². The number of rotatable bonds is 0. The molecule has 1 atom stereocenters. The van der Waals surface area contributed by atoms with Crippen LogP contribution in [0.15, 0.2) is 0 Å². The summed E-state index contributed by atoms with van der Waals surface area (Å²) in [5.74, 6) is 0. The number of carbonyl (C=O) groups is 1. The fraction of sp³-hybridized carbons (Fsp3) is 0.714. The highest BCUT2D eigenvalue weighted by Gasteiger charge is 2.25. The van der Waals surface area contributed by atoms with E-state index in [1.807, 2.05) is 6.07 Å². The van der Waals surface area contributed by atoms with Crippen molar-refractivity contribution in [2.75, 3.05) is 6.54 Å². The molecule has 0 aromatic carbocycles. The van der Waals surface area contributed by atoms with Gasteiger partial charge in [-0.05, 0) is 19.3 Å². The number of nitrogens with zero attached hydrogens (tertiary/aromatic N) is 2. The van der Waals surface area contributed by atoms with Crippen LogP contribution in [0, 0.1) is 11.3 Å². The molecule has 1 fully saturated rings. The third-order valence-corrected chi connectivity index (χ3v) is 1.90. The summed E-state index contributed by atoms with van der Waals surface area (Å²) in [6, 6.07) is 1.56. The Morgan fingerprint density at radius 1 is 1.64 bits per heavy atom. The standard InChI is InChI=1S/C7H10N2O2/c8-5-6-3-1-2-4-9(6)7(10)11/h6H,1-4H2,(H,10,11)/t6-/m0/s1. The van der Waals surface area contributed by atoms with Crippen molar-refractivity contribution in [3.8, 4) is 6.07 Å². The number of nitriles is 1. The van der Waals surface area contributed by atoms with Crippen LogP contribution in [0.4, 0.5) is 4.79 Å². The SMILES string of the molecule is N#C[C@@H]1CCCCN1C(=O)O. The molecule has 1 rings (SSSR count). The molecule has 0 saturated carbocycles. The van der Waals surface area contributed by atoms with Crippen LogP contribution in [-0.4, -0.2) is 28.7 Å². The lowest BCUT2D eigenvalue weighted by molar-refractivity contribution is 0.121. The lowest BCUT2D eigenvalue weighted by Gasteiger charge is -2.28. The van der Waals surface area contributed by atoms with Gasteiger partial charge in [0, 0.05) is 6.54 Å². The summed E-state index contributed by atoms with van der Waals surface area (Å²) in [5.41, 5.74) is 0. The molecule has 0 unspecified atom stereocenters. The van der Waals surface area contributed by atoms with E-state index < -0.39 is 12.1 Å². The Labute approximate surface area is 65.0 Å². The van der Waals surface area contributed by atoms with Crippen molar-refractivity contribution in [2.45, 2.75) is 25.3 Å². The summed E-state index contributed by atoms with van der Waals surface area (Å²) < 4.78 is 0. The van der Waals surface area contributed by atoms with Crippen molar-refractivity contribution >= 4 is 6.09 Å². The van der Waals surface area contributed by atoms with Gasteiger partial charge in [-0.25, -0.2) is 4.79 Å². The molecular weight excluding hydrogens is 144 g/mol. The van der Waals surface area contributed by atoms with Gasteiger partial charge < -0.3 is 5.11 Å². The molecule has 1 aliphatic rings. The van der Waals surface area contributed by atoms with Gasteiger partial charge in [-0.1, -0.05) is 0 Å². The topological polar surface area (TPSA) is 64.3 Å². The van der Waals surface area contributed by atoms with E-state index in [2.05, 4.69) is 0 Å². The van der Waals surface area contributed by atoms with Gasteiger partial charge in [0.1, 0.15) is 6.04 Å². The molecular formula is C7H10N2O2. The number of carboxylic acid groups (broad SMARTS) is 1. The molecule has 1 amide bonds. The van der Waals surface area contributed by atoms with Gasteiger partial charge in [-0.3, -0.25) is 4.90 Å². The highest BCUT2D eigenvalue weighted by atomic mass is 16.4. The predicted molar refractivity (Wildman–Crippen MR) is 38.0 cm³/mol. The van der Waals surface area contributed by atoms with E-state index in [0.29, 0.717) is 13.0 Å². The minimum absolute atomic E-state index is 0.416. The Balaban J connectivity index is 2.60. The first-order chi connectivity index (χ1) is 5.25. The molecule has 0 radical (unpaired) electrons. The second-order valence-electron chi connectivity index (χ2n) is 2.62. The normalized spacial score (nSPS) is 24.3. The van der Waals surface area contributed by atoms with Gasteiger partial charge in [-0.2, -0.15) is 5.26 Å². The van der Waals surface area contributed by atoms with Crippen LogP contribution in [0.2, 0.25) is 0 Å². The molecule has 0 aromatic heterocycles. The maximum absolute atomic E-state index is 10.5. The van der Waals surface area contributed by atoms with Gasteiger partial charge in [0.05, 0.1) is 6.07 Å². The van der Waals surface area contributed by atoms with Crippen molar-refractivity contribution < 1.29 is 9.90 Å². The molecule has 0 aliphatic carbocycles. The van der Waals surface area contributed by atoms with E-state index in [1.165, 1.54) is 4.90 Å². The fourth-order valence-corrected chi connectivity index (χ4v) is 1.29. The molecule has 4 nitrogen and oxygen atoms in total. The van der Waals surface area contributed by atoms with Gasteiger partial charge in [0.25, 0.3) is 0 Å². The van der Waals surface area contributed by atoms with Crippen LogP contribution in [0.5, 0.6) is 0 Å². The number of piperidine rings is 1. The molecule has 0 bridgehead atoms. The summed E-state index contributed by atoms with van der Waals surface area (Å²) in [4.78, 5) is 11.7. The van der Waals surface area contributed by atoms with Gasteiger partial charge in [0.15, 0.2) is 0 Å². The largest absolute Gasteiger partial charge is 0.465 e. The van der Waals surface area contributed by atoms with Crippen molar-refractivity contribution in [2.24, 2.45) is 0 Å². The molecule has 4 heteroatoms. The lowest BCUT2D eigenvalue weighted by Crippen LogP contribution is -2.41. The van der Waals surface area contributed by atoms with Gasteiger partial charge in [0.2, 0.25) is 0 Å². The highest BCUT2D eigenvalue weighted by molar-refractivity contribution is 5.66. The maximum atomic E-state index is 10.5. The predicted octanol–water partition coefficient (Wildman–Crippen LogP) is 1.04. The monoisotopic (exact) mass is 154 g/mol. The van der Waals surface area contributed by atoms with Crippen LogP contribution in [-0.2, 0) is 0 Å². The fourth-order valence-electron chi connectivity index (χ4n) is 1.29. The van der Waals surface area contributed by atoms with E-state index in [4.69, 9.17) is 10.4 Å². The molecule has 1 aliphatic heterocycles. The summed E-state index contributed by atoms with van der Waals surface area (Å²) in [7, 11) is 0. The first kappa shape index (κ1) is 7.86. The van der Waals surface area contributed by atoms with Gasteiger partial charge >= 0.3 is 6.09 Å². The van der Waals surface area contributed by atoms with Crippen LogP contribution in [0.3, 0.4) is 0 Å². The minimum Gasteiger partial charge on any atom is -0.465 e. The molecule has 1 N–H and O–H groups in total. The van der Waals surface area contributed by atoms with Crippen molar-refractivity contribution in [1.29, 1.82) is 5.26 Å². The van der Waals surface area contributed by atoms with E-state index in [9.17, 15) is 4.79 Å². The second-order valence-corrected chi connectivity index (χ2v) is 2.62. The van der Waals surface area contributed by atoms with Crippen LogP contribution in [0.25, 0.3) is 0 Å². The zero-order valence-corrected chi connectivity index (χ0v) is 6.16. The summed E-state index contributed by atoms with van der Waals surface area (Å²) in [6.07, 6.45) is 1.55. The maximum Gasteiger partial charge on any atom is 0.408 e. The van der Waals surface area contributed by atoms with E-state index >= 15 is 0 Å². The zero-order valence-electron chi connectivity index (χ0n) is 6.16. The van der Waals surface area contributed by atoms with Crippen LogP contribution >= 0.6 is 0 Å². The Morgan fingerprint density at radius 3 is 2.82 bits per heavy atom. The first-order valence-electron chi connectivity index (χ1n) is 3.65. The molecule has 0 aromatic rings. The Morgan fingerprint density at radius 2 is 2.36 bits per heavy atom. The Kier molecular flexibility index (Phi) is 2.32. The number of likely N-dealkylation sites (tertiary alicyclic amines) is 1. The summed E-state index contributed by atoms with van der Waals surface area (Å²) in [6.45, 7) is 0.508. The van der Waals surface area contributed by atoms with Crippen molar-refractivity contribution in [3.05, 3.63) is 0 Å². The van der Waals surface area contributed by atoms with E-state index in [0.717, 1.165) is 12.8 Å². The third kappa shape index (κ3) is 1.61. The highest BCUT2D eigenvalue weighted by Crippen LogP contribution is 2.15. The van der Waals surface area contributed by atoms with E-state index in [1.54, 1.807) is 0 Å². The minimum atomic E-state index is -0.976. The van der Waals surface area contributed by atoms with Crippen LogP contribution < -0.4 is 0 Å². The number of hydrogen-bond donors (Lipinski definition) is 1. The zero-order chi connectivity index (χ0) is 8.27. The summed E-state index contributed by atoms with van der Waals surface area (Å²) in [5, 5.41) is 17.2. The van der Waals surface area contributed by atoms with Crippen molar-refractivity contribution in [1.82, 2.24) is 4.90 Å². The molecule has 0 spiro atoms. The molecule has 11 heavy (non-hydrogen) atoms. The van der Waals surface area contributed by atoms with Crippen LogP contribution in [0.1, 0.15) is 19.3 Å². The molecule has 1 heterocycles. The summed E-state index contributed by atoms with van der Waals surface area (Å²) >= 11 is 0. The third-order valence-electron chi connectivity index (χ3n) is 1.90. The Hall–Kier alpha value is -1.24. The average Bonchev–Trinajstić information content (AvgIpc) is 2.04. The quantitative estimate of drug-likeness (QED) is 0.567. The number of hydrogen-bond acceptors (Lipinski definition) is 2. The average molecular weight is 154 g/mol. The first-order valence-corrected chi connectivity index (χ1v) is 3.65. The molecule has 60 valence electrons. The smallest absolute Gasteiger partial charge is 0.408 e. The Bertz CT molecular complexity index is 197. The lowest BCUT2D eigenvalue weighted by atomic mass is 10.0. The van der Waals surface area contributed by atoms with Crippen molar-refractivity contribution in [3.63, 3.8) is 0 Å². The van der Waals surface area contributed by atoms with Gasteiger partial charge in [-0.15, -0.1) is 0 Å². The molecule has 1 saturated heterocycles. The second kappa shape index (κ2) is 3.24.